The van der Waals surface area contributed by atoms with E-state index in [1.54, 1.807) is 0 Å². The number of hydrogen-bond donors (Lipinski definition) is 2. The highest BCUT2D eigenvalue weighted by molar-refractivity contribution is 5.81. The zero-order chi connectivity index (χ0) is 13.9. The molecule has 0 aromatic carbocycles. The van der Waals surface area contributed by atoms with Gasteiger partial charge in [-0.25, -0.2) is 0 Å². The largest absolute Gasteiger partial charge is 0.393 e. The highest BCUT2D eigenvalue weighted by Crippen LogP contribution is 2.32. The third-order valence-electron chi connectivity index (χ3n) is 4.23. The summed E-state index contributed by atoms with van der Waals surface area (Å²) in [6, 6.07) is -0.458. The van der Waals surface area contributed by atoms with Gasteiger partial charge >= 0.3 is 6.18 Å². The molecule has 3 nitrogen and oxygen atoms in total. The minimum absolute atomic E-state index is 0.0397. The molecule has 1 heterocycles. The van der Waals surface area contributed by atoms with Crippen molar-refractivity contribution < 1.29 is 18.0 Å². The monoisotopic (exact) mass is 278 g/mol. The summed E-state index contributed by atoms with van der Waals surface area (Å²) < 4.78 is 37.4. The molecule has 1 saturated heterocycles. The molecule has 2 N–H and O–H groups in total. The van der Waals surface area contributed by atoms with E-state index < -0.39 is 18.1 Å². The number of carbonyl (C=O) groups is 1. The predicted octanol–water partition coefficient (Wildman–Crippen LogP) is 2.22. The van der Waals surface area contributed by atoms with Crippen molar-refractivity contribution in [1.29, 1.82) is 0 Å². The molecule has 2 fully saturated rings. The molecule has 2 unspecified atom stereocenters. The summed E-state index contributed by atoms with van der Waals surface area (Å²) in [4.78, 5) is 11.9. The van der Waals surface area contributed by atoms with Crippen LogP contribution < -0.4 is 10.6 Å². The number of piperidine rings is 1. The van der Waals surface area contributed by atoms with Crippen LogP contribution in [0, 0.1) is 11.8 Å². The van der Waals surface area contributed by atoms with Crippen molar-refractivity contribution in [3.8, 4) is 0 Å². The summed E-state index contributed by atoms with van der Waals surface area (Å²) in [5.41, 5.74) is 0. The molecular formula is C13H21F3N2O. The third kappa shape index (κ3) is 4.09. The minimum atomic E-state index is -4.15. The molecule has 2 rings (SSSR count). The van der Waals surface area contributed by atoms with Crippen LogP contribution in [0.25, 0.3) is 0 Å². The maximum Gasteiger partial charge on any atom is 0.393 e. The normalized spacial score (nSPS) is 29.4. The van der Waals surface area contributed by atoms with Gasteiger partial charge in [-0.1, -0.05) is 12.8 Å². The van der Waals surface area contributed by atoms with E-state index in [9.17, 15) is 18.0 Å². The van der Waals surface area contributed by atoms with E-state index in [-0.39, 0.29) is 25.3 Å². The Morgan fingerprint density at radius 2 is 1.84 bits per heavy atom. The maximum absolute atomic E-state index is 12.5. The quantitative estimate of drug-likeness (QED) is 0.831. The van der Waals surface area contributed by atoms with Crippen LogP contribution in [0.5, 0.6) is 0 Å². The van der Waals surface area contributed by atoms with Crippen molar-refractivity contribution in [2.75, 3.05) is 13.1 Å². The summed E-state index contributed by atoms with van der Waals surface area (Å²) in [6.07, 6.45) is 0.880. The van der Waals surface area contributed by atoms with E-state index in [2.05, 4.69) is 10.6 Å². The molecule has 1 saturated carbocycles. The zero-order valence-electron chi connectivity index (χ0n) is 10.9. The first-order valence-electron chi connectivity index (χ1n) is 7.04. The van der Waals surface area contributed by atoms with Gasteiger partial charge in [-0.2, -0.15) is 13.2 Å². The molecule has 1 amide bonds. The SMILES string of the molecule is O=C(NCC1CCCC1)C1CCC(C(F)(F)F)CN1. The molecule has 0 aromatic rings. The molecule has 110 valence electrons. The Kier molecular flexibility index (Phi) is 4.71. The van der Waals surface area contributed by atoms with Gasteiger partial charge in [0, 0.05) is 13.1 Å². The average Bonchev–Trinajstić information content (AvgIpc) is 2.88. The smallest absolute Gasteiger partial charge is 0.354 e. The minimum Gasteiger partial charge on any atom is -0.354 e. The third-order valence-corrected chi connectivity index (χ3v) is 4.23. The highest BCUT2D eigenvalue weighted by atomic mass is 19.4. The average molecular weight is 278 g/mol. The second-order valence-electron chi connectivity index (χ2n) is 5.67. The van der Waals surface area contributed by atoms with Crippen LogP contribution in [-0.4, -0.2) is 31.2 Å². The Bertz CT molecular complexity index is 306. The van der Waals surface area contributed by atoms with Gasteiger partial charge < -0.3 is 10.6 Å². The molecule has 2 atom stereocenters. The Labute approximate surface area is 111 Å². The first-order chi connectivity index (χ1) is 8.97. The molecule has 6 heteroatoms. The number of nitrogens with one attached hydrogen (secondary N) is 2. The fraction of sp³-hybridized carbons (Fsp3) is 0.923. The lowest BCUT2D eigenvalue weighted by atomic mass is 9.94. The van der Waals surface area contributed by atoms with Crippen LogP contribution in [0.1, 0.15) is 38.5 Å². The first kappa shape index (κ1) is 14.6. The molecule has 0 spiro atoms. The van der Waals surface area contributed by atoms with Crippen LogP contribution >= 0.6 is 0 Å². The predicted molar refractivity (Wildman–Crippen MR) is 65.5 cm³/mol. The number of rotatable bonds is 3. The van der Waals surface area contributed by atoms with Gasteiger partial charge in [0.05, 0.1) is 12.0 Å². The number of alkyl halides is 3. The fourth-order valence-electron chi connectivity index (χ4n) is 2.94. The molecule has 0 aromatic heterocycles. The van der Waals surface area contributed by atoms with Crippen LogP contribution in [0.15, 0.2) is 0 Å². The van der Waals surface area contributed by atoms with Gasteiger partial charge in [-0.05, 0) is 31.6 Å². The van der Waals surface area contributed by atoms with Crippen LogP contribution in [0.3, 0.4) is 0 Å². The van der Waals surface area contributed by atoms with Crippen LogP contribution in [0.2, 0.25) is 0 Å². The Morgan fingerprint density at radius 1 is 1.16 bits per heavy atom. The lowest BCUT2D eigenvalue weighted by Crippen LogP contribution is -2.51. The summed E-state index contributed by atoms with van der Waals surface area (Å²) in [5.74, 6) is -0.908. The summed E-state index contributed by atoms with van der Waals surface area (Å²) in [6.45, 7) is 0.519. The van der Waals surface area contributed by atoms with Crippen molar-refractivity contribution in [2.45, 2.75) is 50.7 Å². The van der Waals surface area contributed by atoms with Crippen molar-refractivity contribution >= 4 is 5.91 Å². The van der Waals surface area contributed by atoms with Gasteiger partial charge in [0.25, 0.3) is 0 Å². The summed E-state index contributed by atoms with van der Waals surface area (Å²) in [7, 11) is 0. The summed E-state index contributed by atoms with van der Waals surface area (Å²) >= 11 is 0. The standard InChI is InChI=1S/C13H21F3N2O/c14-13(15,16)10-5-6-11(17-8-10)12(19)18-7-9-3-1-2-4-9/h9-11,17H,1-8H2,(H,18,19). The highest BCUT2D eigenvalue weighted by Gasteiger charge is 2.42. The van der Waals surface area contributed by atoms with E-state index in [1.807, 2.05) is 0 Å². The lowest BCUT2D eigenvalue weighted by Gasteiger charge is -2.30. The molecule has 2 aliphatic rings. The van der Waals surface area contributed by atoms with E-state index in [0.717, 1.165) is 12.8 Å². The van der Waals surface area contributed by atoms with Gasteiger partial charge in [0.1, 0.15) is 0 Å². The van der Waals surface area contributed by atoms with Crippen molar-refractivity contribution in [1.82, 2.24) is 10.6 Å². The second-order valence-corrected chi connectivity index (χ2v) is 5.67. The fourth-order valence-corrected chi connectivity index (χ4v) is 2.94. The number of halogens is 3. The topological polar surface area (TPSA) is 41.1 Å². The number of carbonyl (C=O) groups excluding carboxylic acids is 1. The molecule has 0 bridgehead atoms. The van der Waals surface area contributed by atoms with Crippen LogP contribution in [-0.2, 0) is 4.79 Å². The first-order valence-corrected chi connectivity index (χ1v) is 7.04. The van der Waals surface area contributed by atoms with Crippen molar-refractivity contribution in [3.05, 3.63) is 0 Å². The maximum atomic E-state index is 12.5. The Balaban J connectivity index is 1.70. The molecular weight excluding hydrogens is 257 g/mol. The van der Waals surface area contributed by atoms with Gasteiger partial charge in [0.2, 0.25) is 5.91 Å². The second kappa shape index (κ2) is 6.11. The van der Waals surface area contributed by atoms with Crippen molar-refractivity contribution in [2.24, 2.45) is 11.8 Å². The van der Waals surface area contributed by atoms with E-state index in [4.69, 9.17) is 0 Å². The van der Waals surface area contributed by atoms with E-state index in [0.29, 0.717) is 12.5 Å². The molecule has 1 aliphatic carbocycles. The molecule has 19 heavy (non-hydrogen) atoms. The number of hydrogen-bond acceptors (Lipinski definition) is 2. The lowest BCUT2D eigenvalue weighted by molar-refractivity contribution is -0.180. The molecule has 1 aliphatic heterocycles. The van der Waals surface area contributed by atoms with Gasteiger partial charge in [0.15, 0.2) is 0 Å². The van der Waals surface area contributed by atoms with Gasteiger partial charge in [-0.3, -0.25) is 4.79 Å². The van der Waals surface area contributed by atoms with E-state index in [1.165, 1.54) is 12.8 Å². The van der Waals surface area contributed by atoms with Gasteiger partial charge in [-0.15, -0.1) is 0 Å². The van der Waals surface area contributed by atoms with Crippen molar-refractivity contribution in [3.63, 3.8) is 0 Å². The summed E-state index contributed by atoms with van der Waals surface area (Å²) in [5, 5.41) is 5.58. The molecule has 0 radical (unpaired) electrons. The zero-order valence-corrected chi connectivity index (χ0v) is 10.9. The Hall–Kier alpha value is -0.780. The van der Waals surface area contributed by atoms with Crippen LogP contribution in [0.4, 0.5) is 13.2 Å². The number of amides is 1. The van der Waals surface area contributed by atoms with E-state index >= 15 is 0 Å². The Morgan fingerprint density at radius 3 is 2.37 bits per heavy atom.